The number of rotatable bonds is 0. The topological polar surface area (TPSA) is 12.4 Å². The number of benzene rings is 2. The molecule has 1 aliphatic heterocycles. The molecule has 1 heteroatoms. The highest BCUT2D eigenvalue weighted by Gasteiger charge is 2.01. The number of hydrogen-bond acceptors (Lipinski definition) is 1. The minimum absolute atomic E-state index is 1.02. The van der Waals surface area contributed by atoms with Gasteiger partial charge in [-0.15, -0.1) is 0 Å². The Morgan fingerprint density at radius 2 is 1.25 bits per heavy atom. The third-order valence-electron chi connectivity index (χ3n) is 2.72. The van der Waals surface area contributed by atoms with Gasteiger partial charge in [-0.05, 0) is 17.2 Å². The fourth-order valence-corrected chi connectivity index (χ4v) is 1.84. The lowest BCUT2D eigenvalue weighted by Gasteiger charge is -2.06. The molecule has 0 saturated heterocycles. The maximum Gasteiger partial charge on any atom is 0.0702 e. The van der Waals surface area contributed by atoms with E-state index in [4.69, 9.17) is 0 Å². The monoisotopic (exact) mass is 205 g/mol. The van der Waals surface area contributed by atoms with Gasteiger partial charge in [-0.25, -0.2) is 0 Å². The van der Waals surface area contributed by atoms with E-state index in [0.29, 0.717) is 0 Å². The molecule has 0 radical (unpaired) electrons. The molecule has 0 amide bonds. The van der Waals surface area contributed by atoms with Gasteiger partial charge in [0.15, 0.2) is 0 Å². The molecule has 0 aromatic heterocycles. The molecule has 2 aromatic carbocycles. The Kier molecular flexibility index (Phi) is 2.15. The van der Waals surface area contributed by atoms with Gasteiger partial charge in [-0.2, -0.15) is 0 Å². The number of aliphatic imine (C=N–C) groups is 1. The van der Waals surface area contributed by atoms with E-state index in [1.54, 1.807) is 0 Å². The van der Waals surface area contributed by atoms with E-state index in [2.05, 4.69) is 35.3 Å². The van der Waals surface area contributed by atoms with Crippen molar-refractivity contribution in [1.29, 1.82) is 0 Å². The molecule has 2 aromatic rings. The van der Waals surface area contributed by atoms with Crippen LogP contribution in [0, 0.1) is 0 Å². The summed E-state index contributed by atoms with van der Waals surface area (Å²) in [5, 5.41) is 0. The summed E-state index contributed by atoms with van der Waals surface area (Å²) in [5.74, 6) is 0. The van der Waals surface area contributed by atoms with E-state index in [1.807, 2.05) is 36.5 Å². The van der Waals surface area contributed by atoms with Gasteiger partial charge in [0.25, 0.3) is 0 Å². The van der Waals surface area contributed by atoms with Crippen LogP contribution in [0.1, 0.15) is 16.7 Å². The van der Waals surface area contributed by atoms with Crippen LogP contribution in [0.4, 0.5) is 5.69 Å². The smallest absolute Gasteiger partial charge is 0.0702 e. The van der Waals surface area contributed by atoms with Crippen LogP contribution >= 0.6 is 0 Å². The van der Waals surface area contributed by atoms with Crippen LogP contribution < -0.4 is 0 Å². The molecule has 1 heterocycles. The molecule has 1 aliphatic rings. The van der Waals surface area contributed by atoms with E-state index in [9.17, 15) is 0 Å². The number of fused-ring (bicyclic) bond motifs is 2. The van der Waals surface area contributed by atoms with Gasteiger partial charge in [0, 0.05) is 11.8 Å². The van der Waals surface area contributed by atoms with Gasteiger partial charge in [0.05, 0.1) is 5.69 Å². The van der Waals surface area contributed by atoms with Crippen LogP contribution in [0.25, 0.3) is 12.2 Å². The predicted octanol–water partition coefficient (Wildman–Crippen LogP) is 3.92. The quantitative estimate of drug-likeness (QED) is 0.527. The predicted molar refractivity (Wildman–Crippen MR) is 69.1 cm³/mol. The SMILES string of the molecule is C1=Cc2ccccc2N=Cc2ccccc21. The number of para-hydroxylation sites is 1. The van der Waals surface area contributed by atoms with Crippen molar-refractivity contribution in [3.63, 3.8) is 0 Å². The molecule has 1 nitrogen and oxygen atoms in total. The van der Waals surface area contributed by atoms with E-state index in [0.717, 1.165) is 16.8 Å². The first-order valence-electron chi connectivity index (χ1n) is 5.34. The summed E-state index contributed by atoms with van der Waals surface area (Å²) in [6.45, 7) is 0. The van der Waals surface area contributed by atoms with Crippen molar-refractivity contribution in [2.75, 3.05) is 0 Å². The van der Waals surface area contributed by atoms with Gasteiger partial charge < -0.3 is 0 Å². The normalized spacial score (nSPS) is 12.5. The molecule has 0 bridgehead atoms. The van der Waals surface area contributed by atoms with Crippen LogP contribution in [-0.4, -0.2) is 6.21 Å². The Hall–Kier alpha value is -2.15. The highest BCUT2D eigenvalue weighted by molar-refractivity contribution is 5.92. The second kappa shape index (κ2) is 3.78. The minimum Gasteiger partial charge on any atom is -0.256 e. The van der Waals surface area contributed by atoms with E-state index in [1.165, 1.54) is 5.56 Å². The summed E-state index contributed by atoms with van der Waals surface area (Å²) in [4.78, 5) is 4.51. The lowest BCUT2D eigenvalue weighted by molar-refractivity contribution is 1.49. The first kappa shape index (κ1) is 9.10. The maximum absolute atomic E-state index is 4.51. The Morgan fingerprint density at radius 1 is 0.625 bits per heavy atom. The zero-order valence-electron chi connectivity index (χ0n) is 8.80. The van der Waals surface area contributed by atoms with E-state index in [-0.39, 0.29) is 0 Å². The van der Waals surface area contributed by atoms with Crippen molar-refractivity contribution in [2.24, 2.45) is 4.99 Å². The fraction of sp³-hybridized carbons (Fsp3) is 0. The van der Waals surface area contributed by atoms with Gasteiger partial charge in [-0.1, -0.05) is 54.6 Å². The molecule has 0 spiro atoms. The fourth-order valence-electron chi connectivity index (χ4n) is 1.84. The van der Waals surface area contributed by atoms with Crippen LogP contribution in [0.15, 0.2) is 53.5 Å². The van der Waals surface area contributed by atoms with Crippen LogP contribution in [0.3, 0.4) is 0 Å². The molecule has 0 atom stereocenters. The third-order valence-corrected chi connectivity index (χ3v) is 2.72. The second-order valence-electron chi connectivity index (χ2n) is 3.78. The van der Waals surface area contributed by atoms with E-state index < -0.39 is 0 Å². The van der Waals surface area contributed by atoms with Crippen molar-refractivity contribution in [3.05, 3.63) is 65.2 Å². The van der Waals surface area contributed by atoms with Gasteiger partial charge in [0.2, 0.25) is 0 Å². The lowest BCUT2D eigenvalue weighted by Crippen LogP contribution is -1.88. The molecule has 76 valence electrons. The van der Waals surface area contributed by atoms with Crippen LogP contribution in [0.5, 0.6) is 0 Å². The second-order valence-corrected chi connectivity index (χ2v) is 3.78. The lowest BCUT2D eigenvalue weighted by atomic mass is 10.0. The van der Waals surface area contributed by atoms with Crippen molar-refractivity contribution < 1.29 is 0 Å². The van der Waals surface area contributed by atoms with Crippen molar-refractivity contribution >= 4 is 24.1 Å². The van der Waals surface area contributed by atoms with Gasteiger partial charge in [0.1, 0.15) is 0 Å². The summed E-state index contributed by atoms with van der Waals surface area (Å²) in [6.07, 6.45) is 6.18. The van der Waals surface area contributed by atoms with Gasteiger partial charge >= 0.3 is 0 Å². The average molecular weight is 205 g/mol. The number of nitrogens with zero attached hydrogens (tertiary/aromatic N) is 1. The van der Waals surface area contributed by atoms with Crippen molar-refractivity contribution in [1.82, 2.24) is 0 Å². The molecule has 3 rings (SSSR count). The van der Waals surface area contributed by atoms with Crippen molar-refractivity contribution in [3.8, 4) is 0 Å². The first-order chi connectivity index (χ1) is 7.93. The molecular weight excluding hydrogens is 194 g/mol. The summed E-state index contributed by atoms with van der Waals surface area (Å²) < 4.78 is 0. The molecule has 0 unspecified atom stereocenters. The Labute approximate surface area is 94.8 Å². The molecule has 16 heavy (non-hydrogen) atoms. The first-order valence-corrected chi connectivity index (χ1v) is 5.34. The maximum atomic E-state index is 4.51. The molecule has 0 N–H and O–H groups in total. The summed E-state index contributed by atoms with van der Waals surface area (Å²) in [7, 11) is 0. The Bertz CT molecular complexity index is 476. The number of hydrogen-bond donors (Lipinski definition) is 0. The standard InChI is InChI=1S/C15H11N/c1-2-7-14-11-16-15-8-4-3-6-13(15)10-9-12(14)5-1/h1-11H. The summed E-state index contributed by atoms with van der Waals surface area (Å²) >= 11 is 0. The van der Waals surface area contributed by atoms with Crippen LogP contribution in [-0.2, 0) is 0 Å². The van der Waals surface area contributed by atoms with Gasteiger partial charge in [-0.3, -0.25) is 4.99 Å². The van der Waals surface area contributed by atoms with Crippen molar-refractivity contribution in [2.45, 2.75) is 0 Å². The molecule has 0 saturated carbocycles. The van der Waals surface area contributed by atoms with E-state index >= 15 is 0 Å². The zero-order valence-corrected chi connectivity index (χ0v) is 8.80. The Balaban J connectivity index is 2.18. The van der Waals surface area contributed by atoms with Crippen LogP contribution in [0.2, 0.25) is 0 Å². The summed E-state index contributed by atoms with van der Waals surface area (Å²) in [5.41, 5.74) is 4.55. The average Bonchev–Trinajstić information content (AvgIpc) is 2.32. The molecular formula is C15H11N. The largest absolute Gasteiger partial charge is 0.256 e. The molecule has 0 aliphatic carbocycles. The molecule has 0 fully saturated rings. The highest BCUT2D eigenvalue weighted by atomic mass is 14.7. The third kappa shape index (κ3) is 1.57. The minimum atomic E-state index is 1.02. The summed E-state index contributed by atoms with van der Waals surface area (Å²) in [6, 6.07) is 16.4. The zero-order chi connectivity index (χ0) is 10.8. The highest BCUT2D eigenvalue weighted by Crippen LogP contribution is 2.24. The Morgan fingerprint density at radius 3 is 2.12 bits per heavy atom.